The fourth-order valence-corrected chi connectivity index (χ4v) is 2.69. The van der Waals surface area contributed by atoms with Gasteiger partial charge in [-0.3, -0.25) is 4.55 Å². The Morgan fingerprint density at radius 3 is 2.35 bits per heavy atom. The number of rotatable bonds is 7. The highest BCUT2D eigenvalue weighted by molar-refractivity contribution is 14.1. The second-order valence-electron chi connectivity index (χ2n) is 5.24. The number of aliphatic hydroxyl groups excluding tert-OH is 1. The van der Waals surface area contributed by atoms with Crippen molar-refractivity contribution in [3.05, 3.63) is 33.4 Å². The maximum Gasteiger partial charge on any atom is 0.264 e. The lowest BCUT2D eigenvalue weighted by molar-refractivity contribution is 0.0805. The van der Waals surface area contributed by atoms with E-state index in [-0.39, 0.29) is 5.75 Å². The quantitative estimate of drug-likeness (QED) is 0.362. The van der Waals surface area contributed by atoms with Crippen LogP contribution in [-0.4, -0.2) is 35.9 Å². The highest BCUT2D eigenvalue weighted by Gasteiger charge is 2.28. The van der Waals surface area contributed by atoms with Gasteiger partial charge in [0.25, 0.3) is 10.1 Å². The maximum atomic E-state index is 10.6. The third kappa shape index (κ3) is 6.04. The predicted octanol–water partition coefficient (Wildman–Crippen LogP) is 1.97. The average molecular weight is 413 g/mol. The van der Waals surface area contributed by atoms with E-state index in [1.807, 2.05) is 38.1 Å². The molecule has 1 aromatic carbocycles. The predicted molar refractivity (Wildman–Crippen MR) is 87.2 cm³/mol. The topological polar surface area (TPSA) is 86.6 Å². The first-order valence-corrected chi connectivity index (χ1v) is 8.94. The molecule has 0 bridgehead atoms. The summed E-state index contributed by atoms with van der Waals surface area (Å²) in [7, 11) is -3.92. The summed E-state index contributed by atoms with van der Waals surface area (Å²) in [5, 5.41) is 13.5. The van der Waals surface area contributed by atoms with Crippen LogP contribution in [0.3, 0.4) is 0 Å². The first-order valence-electron chi connectivity index (χ1n) is 6.25. The highest BCUT2D eigenvalue weighted by Crippen LogP contribution is 2.25. The molecule has 0 aliphatic carbocycles. The van der Waals surface area contributed by atoms with Gasteiger partial charge >= 0.3 is 0 Å². The van der Waals surface area contributed by atoms with Crippen molar-refractivity contribution >= 4 is 32.7 Å². The van der Waals surface area contributed by atoms with E-state index in [9.17, 15) is 13.5 Å². The summed E-state index contributed by atoms with van der Waals surface area (Å²) >= 11 is 2.20. The highest BCUT2D eigenvalue weighted by atomic mass is 127. The second-order valence-corrected chi connectivity index (χ2v) is 8.06. The summed E-state index contributed by atoms with van der Waals surface area (Å²) in [5.74, 6) is -0.282. The van der Waals surface area contributed by atoms with Gasteiger partial charge < -0.3 is 10.4 Å². The SMILES string of the molecule is CC(C)(NCCCS(=O)(=O)O)C(O)c1ccc(I)cc1. The van der Waals surface area contributed by atoms with E-state index in [1.54, 1.807) is 0 Å². The number of hydrogen-bond acceptors (Lipinski definition) is 4. The minimum Gasteiger partial charge on any atom is -0.387 e. The van der Waals surface area contributed by atoms with Crippen LogP contribution in [0.4, 0.5) is 0 Å². The zero-order valence-corrected chi connectivity index (χ0v) is 14.5. The maximum absolute atomic E-state index is 10.6. The van der Waals surface area contributed by atoms with Crippen molar-refractivity contribution in [3.8, 4) is 0 Å². The van der Waals surface area contributed by atoms with E-state index in [0.717, 1.165) is 9.13 Å². The van der Waals surface area contributed by atoms with Crippen LogP contribution in [-0.2, 0) is 10.1 Å². The van der Waals surface area contributed by atoms with Crippen LogP contribution < -0.4 is 5.32 Å². The van der Waals surface area contributed by atoms with Gasteiger partial charge in [0.15, 0.2) is 0 Å². The molecule has 0 spiro atoms. The average Bonchev–Trinajstić information content (AvgIpc) is 2.34. The van der Waals surface area contributed by atoms with Gasteiger partial charge in [-0.15, -0.1) is 0 Å². The Bertz CT molecular complexity index is 528. The minimum atomic E-state index is -3.92. The van der Waals surface area contributed by atoms with Crippen molar-refractivity contribution in [2.24, 2.45) is 0 Å². The van der Waals surface area contributed by atoms with Crippen molar-refractivity contribution in [3.63, 3.8) is 0 Å². The van der Waals surface area contributed by atoms with Crippen LogP contribution in [0, 0.1) is 3.57 Å². The lowest BCUT2D eigenvalue weighted by Crippen LogP contribution is -2.45. The molecule has 0 amide bonds. The third-order valence-electron chi connectivity index (χ3n) is 3.03. The van der Waals surface area contributed by atoms with Crippen LogP contribution in [0.15, 0.2) is 24.3 Å². The van der Waals surface area contributed by atoms with E-state index in [0.29, 0.717) is 13.0 Å². The van der Waals surface area contributed by atoms with Gasteiger partial charge in [0.1, 0.15) is 0 Å². The Morgan fingerprint density at radius 1 is 1.30 bits per heavy atom. The zero-order valence-electron chi connectivity index (χ0n) is 11.5. The number of aliphatic hydroxyl groups is 1. The van der Waals surface area contributed by atoms with Gasteiger partial charge in [-0.1, -0.05) is 12.1 Å². The second kappa shape index (κ2) is 7.17. The van der Waals surface area contributed by atoms with Crippen molar-refractivity contribution in [2.45, 2.75) is 31.9 Å². The first-order chi connectivity index (χ1) is 9.12. The number of benzene rings is 1. The van der Waals surface area contributed by atoms with Crippen molar-refractivity contribution in [1.29, 1.82) is 0 Å². The molecule has 1 unspecified atom stereocenters. The summed E-state index contributed by atoms with van der Waals surface area (Å²) in [4.78, 5) is 0. The Morgan fingerprint density at radius 2 is 1.85 bits per heavy atom. The molecular weight excluding hydrogens is 393 g/mol. The molecule has 5 nitrogen and oxygen atoms in total. The molecule has 0 heterocycles. The molecule has 0 saturated carbocycles. The molecule has 1 aromatic rings. The molecule has 3 N–H and O–H groups in total. The number of nitrogens with one attached hydrogen (secondary N) is 1. The fraction of sp³-hybridized carbons (Fsp3) is 0.538. The summed E-state index contributed by atoms with van der Waals surface area (Å²) < 4.78 is 31.0. The molecule has 0 aliphatic heterocycles. The molecule has 0 saturated heterocycles. The van der Waals surface area contributed by atoms with Crippen LogP contribution >= 0.6 is 22.6 Å². The van der Waals surface area contributed by atoms with Gasteiger partial charge in [-0.05, 0) is 67.1 Å². The normalized spacial score (nSPS) is 14.2. The van der Waals surface area contributed by atoms with Gasteiger partial charge in [0.2, 0.25) is 0 Å². The molecule has 1 atom stereocenters. The molecule has 20 heavy (non-hydrogen) atoms. The summed E-state index contributed by atoms with van der Waals surface area (Å²) in [6.45, 7) is 4.10. The Hall–Kier alpha value is -0.220. The largest absolute Gasteiger partial charge is 0.387 e. The molecule has 0 aromatic heterocycles. The van der Waals surface area contributed by atoms with E-state index in [2.05, 4.69) is 27.9 Å². The number of hydrogen-bond donors (Lipinski definition) is 3. The van der Waals surface area contributed by atoms with Crippen LogP contribution in [0.5, 0.6) is 0 Å². The van der Waals surface area contributed by atoms with Crippen molar-refractivity contribution in [2.75, 3.05) is 12.3 Å². The molecule has 7 heteroatoms. The lowest BCUT2D eigenvalue weighted by Gasteiger charge is -2.32. The van der Waals surface area contributed by atoms with Crippen molar-refractivity contribution < 1.29 is 18.1 Å². The van der Waals surface area contributed by atoms with E-state index < -0.39 is 21.8 Å². The monoisotopic (exact) mass is 413 g/mol. The molecule has 0 fully saturated rings. The Labute approximate surface area is 133 Å². The molecule has 0 aliphatic rings. The number of halogens is 1. The summed E-state index contributed by atoms with van der Waals surface area (Å²) in [6, 6.07) is 7.59. The van der Waals surface area contributed by atoms with Crippen LogP contribution in [0.25, 0.3) is 0 Å². The fourth-order valence-electron chi connectivity index (χ4n) is 1.82. The lowest BCUT2D eigenvalue weighted by atomic mass is 9.91. The van der Waals surface area contributed by atoms with E-state index in [1.165, 1.54) is 0 Å². The molecular formula is C13H20INO4S. The van der Waals surface area contributed by atoms with Gasteiger partial charge in [0.05, 0.1) is 11.9 Å². The third-order valence-corrected chi connectivity index (χ3v) is 4.55. The van der Waals surface area contributed by atoms with Crippen LogP contribution in [0.1, 0.15) is 31.9 Å². The Kier molecular flexibility index (Phi) is 6.39. The van der Waals surface area contributed by atoms with Crippen molar-refractivity contribution in [1.82, 2.24) is 5.32 Å². The standard InChI is InChI=1S/C13H20INO4S/c1-13(2,15-8-3-9-20(17,18)19)12(16)10-4-6-11(14)7-5-10/h4-7,12,15-16H,3,8-9H2,1-2H3,(H,17,18,19). The van der Waals surface area contributed by atoms with E-state index >= 15 is 0 Å². The molecule has 1 rings (SSSR count). The Balaban J connectivity index is 2.56. The van der Waals surface area contributed by atoms with E-state index in [4.69, 9.17) is 4.55 Å². The van der Waals surface area contributed by atoms with Crippen LogP contribution in [0.2, 0.25) is 0 Å². The van der Waals surface area contributed by atoms with Gasteiger partial charge in [-0.2, -0.15) is 8.42 Å². The van der Waals surface area contributed by atoms with Gasteiger partial charge in [-0.25, -0.2) is 0 Å². The molecule has 0 radical (unpaired) electrons. The minimum absolute atomic E-state index is 0.282. The zero-order chi connectivity index (χ0) is 15.4. The summed E-state index contributed by atoms with van der Waals surface area (Å²) in [6.07, 6.45) is -0.410. The molecule has 114 valence electrons. The summed E-state index contributed by atoms with van der Waals surface area (Å²) in [5.41, 5.74) is 0.212. The van der Waals surface area contributed by atoms with Gasteiger partial charge in [0, 0.05) is 9.11 Å². The smallest absolute Gasteiger partial charge is 0.264 e. The first kappa shape index (κ1) is 17.8.